The summed E-state index contributed by atoms with van der Waals surface area (Å²) in [5.74, 6) is 2.89. The smallest absolute Gasteiger partial charge is 0.226 e. The number of nitrogens with one attached hydrogen (secondary N) is 1. The van der Waals surface area contributed by atoms with Crippen molar-refractivity contribution in [1.82, 2.24) is 15.5 Å². The molecule has 0 bridgehead atoms. The number of rotatable bonds is 4. The molecule has 2 aliphatic rings. The molecule has 0 radical (unpaired) electrons. The van der Waals surface area contributed by atoms with E-state index in [0.29, 0.717) is 11.8 Å². The molecule has 3 rings (SSSR count). The molecular formula is C12H19N3O2. The Morgan fingerprint density at radius 3 is 3.00 bits per heavy atom. The molecule has 0 spiro atoms. The second kappa shape index (κ2) is 5.14. The molecule has 1 N–H and O–H groups in total. The molecule has 2 atom stereocenters. The minimum atomic E-state index is 0.577. The van der Waals surface area contributed by atoms with E-state index in [1.54, 1.807) is 0 Å². The Kier molecular flexibility index (Phi) is 3.38. The van der Waals surface area contributed by atoms with Crippen molar-refractivity contribution in [2.45, 2.75) is 25.7 Å². The van der Waals surface area contributed by atoms with Crippen molar-refractivity contribution in [3.05, 3.63) is 11.7 Å². The van der Waals surface area contributed by atoms with Crippen LogP contribution in [0.2, 0.25) is 0 Å². The average Bonchev–Trinajstić information content (AvgIpc) is 3.02. The zero-order valence-corrected chi connectivity index (χ0v) is 10.0. The van der Waals surface area contributed by atoms with E-state index in [1.807, 2.05) is 0 Å². The van der Waals surface area contributed by atoms with Gasteiger partial charge in [0.15, 0.2) is 5.82 Å². The van der Waals surface area contributed by atoms with Gasteiger partial charge in [0, 0.05) is 26.1 Å². The van der Waals surface area contributed by atoms with Gasteiger partial charge >= 0.3 is 0 Å². The molecule has 5 heteroatoms. The third-order valence-electron chi connectivity index (χ3n) is 3.63. The number of nitrogens with zero attached hydrogens (tertiary/aromatic N) is 2. The molecule has 1 aromatic heterocycles. The predicted molar refractivity (Wildman–Crippen MR) is 61.6 cm³/mol. The summed E-state index contributed by atoms with van der Waals surface area (Å²) in [4.78, 5) is 4.48. The normalized spacial score (nSPS) is 28.9. The fourth-order valence-electron chi connectivity index (χ4n) is 2.59. The van der Waals surface area contributed by atoms with Crippen LogP contribution < -0.4 is 5.32 Å². The highest BCUT2D eigenvalue weighted by Crippen LogP contribution is 2.18. The maximum absolute atomic E-state index is 5.35. The van der Waals surface area contributed by atoms with Crippen LogP contribution in [0.3, 0.4) is 0 Å². The van der Waals surface area contributed by atoms with Crippen LogP contribution in [0.25, 0.3) is 0 Å². The van der Waals surface area contributed by atoms with Crippen molar-refractivity contribution in [3.63, 3.8) is 0 Å². The summed E-state index contributed by atoms with van der Waals surface area (Å²) in [6.45, 7) is 3.92. The van der Waals surface area contributed by atoms with E-state index in [9.17, 15) is 0 Å². The highest BCUT2D eigenvalue weighted by molar-refractivity contribution is 4.91. The third kappa shape index (κ3) is 2.84. The molecule has 2 fully saturated rings. The average molecular weight is 237 g/mol. The number of aromatic nitrogens is 2. The van der Waals surface area contributed by atoms with Crippen LogP contribution >= 0.6 is 0 Å². The maximum Gasteiger partial charge on any atom is 0.226 e. The number of hydrogen-bond acceptors (Lipinski definition) is 5. The van der Waals surface area contributed by atoms with Crippen LogP contribution in [0, 0.1) is 11.8 Å². The molecule has 5 nitrogen and oxygen atoms in total. The quantitative estimate of drug-likeness (QED) is 0.839. The molecule has 1 aromatic rings. The predicted octanol–water partition coefficient (Wildman–Crippen LogP) is 0.801. The van der Waals surface area contributed by atoms with Crippen LogP contribution in [-0.2, 0) is 17.6 Å². The topological polar surface area (TPSA) is 60.2 Å². The number of ether oxygens (including phenoxy) is 1. The molecule has 0 aliphatic carbocycles. The number of hydrogen-bond donors (Lipinski definition) is 1. The molecule has 17 heavy (non-hydrogen) atoms. The Hall–Kier alpha value is -0.940. The Balaban J connectivity index is 1.54. The summed E-state index contributed by atoms with van der Waals surface area (Å²) in [6.07, 6.45) is 4.15. The third-order valence-corrected chi connectivity index (χ3v) is 3.63. The van der Waals surface area contributed by atoms with E-state index < -0.39 is 0 Å². The highest BCUT2D eigenvalue weighted by Gasteiger charge is 2.21. The molecule has 0 aromatic carbocycles. The first kappa shape index (κ1) is 11.2. The Bertz CT molecular complexity index is 322. The SMILES string of the molecule is C1CC(Cc2nc(CC3CCOC3)no2)CN1. The van der Waals surface area contributed by atoms with Crippen LogP contribution in [-0.4, -0.2) is 36.4 Å². The van der Waals surface area contributed by atoms with Gasteiger partial charge in [-0.15, -0.1) is 0 Å². The molecule has 2 aliphatic heterocycles. The van der Waals surface area contributed by atoms with Gasteiger partial charge in [0.1, 0.15) is 0 Å². The van der Waals surface area contributed by atoms with Crippen molar-refractivity contribution in [2.24, 2.45) is 11.8 Å². The van der Waals surface area contributed by atoms with Gasteiger partial charge in [0.2, 0.25) is 5.89 Å². The largest absolute Gasteiger partial charge is 0.381 e. The zero-order valence-electron chi connectivity index (χ0n) is 10.0. The van der Waals surface area contributed by atoms with E-state index in [1.165, 1.54) is 6.42 Å². The summed E-state index contributed by atoms with van der Waals surface area (Å²) < 4.78 is 10.7. The fourth-order valence-corrected chi connectivity index (χ4v) is 2.59. The highest BCUT2D eigenvalue weighted by atomic mass is 16.5. The molecule has 2 unspecified atom stereocenters. The monoisotopic (exact) mass is 237 g/mol. The summed E-state index contributed by atoms with van der Waals surface area (Å²) in [7, 11) is 0. The van der Waals surface area contributed by atoms with Gasteiger partial charge in [-0.2, -0.15) is 4.98 Å². The standard InChI is InChI=1S/C12H19N3O2/c1-3-13-7-9(1)6-12-14-11(15-17-12)5-10-2-4-16-8-10/h9-10,13H,1-8H2. The first-order chi connectivity index (χ1) is 8.40. The minimum absolute atomic E-state index is 0.577. The van der Waals surface area contributed by atoms with Crippen LogP contribution in [0.15, 0.2) is 4.52 Å². The molecule has 2 saturated heterocycles. The lowest BCUT2D eigenvalue weighted by Crippen LogP contribution is -2.11. The summed E-state index contributed by atoms with van der Waals surface area (Å²) in [5.41, 5.74) is 0. The van der Waals surface area contributed by atoms with Crippen molar-refractivity contribution in [2.75, 3.05) is 26.3 Å². The molecule has 3 heterocycles. The van der Waals surface area contributed by atoms with Crippen molar-refractivity contribution >= 4 is 0 Å². The summed E-state index contributed by atoms with van der Waals surface area (Å²) in [6, 6.07) is 0. The van der Waals surface area contributed by atoms with Gasteiger partial charge in [-0.25, -0.2) is 0 Å². The van der Waals surface area contributed by atoms with Gasteiger partial charge < -0.3 is 14.6 Å². The molecule has 94 valence electrons. The lowest BCUT2D eigenvalue weighted by Gasteiger charge is -2.02. The summed E-state index contributed by atoms with van der Waals surface area (Å²) >= 11 is 0. The molecule has 0 saturated carbocycles. The van der Waals surface area contributed by atoms with Gasteiger partial charge in [0.05, 0.1) is 0 Å². The van der Waals surface area contributed by atoms with Gasteiger partial charge in [-0.1, -0.05) is 5.16 Å². The first-order valence-corrected chi connectivity index (χ1v) is 6.50. The van der Waals surface area contributed by atoms with E-state index in [-0.39, 0.29) is 0 Å². The van der Waals surface area contributed by atoms with E-state index >= 15 is 0 Å². The molecular weight excluding hydrogens is 218 g/mol. The first-order valence-electron chi connectivity index (χ1n) is 6.50. The Morgan fingerprint density at radius 1 is 1.24 bits per heavy atom. The van der Waals surface area contributed by atoms with Crippen molar-refractivity contribution < 1.29 is 9.26 Å². The Labute approximate surface area is 101 Å². The van der Waals surface area contributed by atoms with Crippen molar-refractivity contribution in [3.8, 4) is 0 Å². The Morgan fingerprint density at radius 2 is 2.24 bits per heavy atom. The second-order valence-corrected chi connectivity index (χ2v) is 5.10. The van der Waals surface area contributed by atoms with Gasteiger partial charge in [-0.3, -0.25) is 0 Å². The van der Waals surface area contributed by atoms with Crippen LogP contribution in [0.1, 0.15) is 24.6 Å². The molecule has 0 amide bonds. The minimum Gasteiger partial charge on any atom is -0.381 e. The lowest BCUT2D eigenvalue weighted by atomic mass is 10.0. The van der Waals surface area contributed by atoms with Crippen LogP contribution in [0.5, 0.6) is 0 Å². The van der Waals surface area contributed by atoms with Crippen molar-refractivity contribution in [1.29, 1.82) is 0 Å². The summed E-state index contributed by atoms with van der Waals surface area (Å²) in [5, 5.41) is 7.41. The zero-order chi connectivity index (χ0) is 11.5. The van der Waals surface area contributed by atoms with E-state index in [0.717, 1.165) is 57.3 Å². The lowest BCUT2D eigenvalue weighted by molar-refractivity contribution is 0.185. The fraction of sp³-hybridized carbons (Fsp3) is 0.833. The van der Waals surface area contributed by atoms with E-state index in [4.69, 9.17) is 9.26 Å². The second-order valence-electron chi connectivity index (χ2n) is 5.10. The van der Waals surface area contributed by atoms with Gasteiger partial charge in [0.25, 0.3) is 0 Å². The van der Waals surface area contributed by atoms with Crippen LogP contribution in [0.4, 0.5) is 0 Å². The van der Waals surface area contributed by atoms with Gasteiger partial charge in [-0.05, 0) is 37.8 Å². The maximum atomic E-state index is 5.35. The van der Waals surface area contributed by atoms with E-state index in [2.05, 4.69) is 15.5 Å².